The van der Waals surface area contributed by atoms with Crippen LogP contribution >= 0.6 is 11.3 Å². The number of hydrogen-bond donors (Lipinski definition) is 0. The molecule has 0 aliphatic carbocycles. The van der Waals surface area contributed by atoms with Gasteiger partial charge in [-0.25, -0.2) is 0 Å². The highest BCUT2D eigenvalue weighted by Gasteiger charge is 2.13. The lowest BCUT2D eigenvalue weighted by Gasteiger charge is -1.87. The van der Waals surface area contributed by atoms with E-state index < -0.39 is 0 Å². The molecule has 76 valence electrons. The van der Waals surface area contributed by atoms with E-state index in [-0.39, 0.29) is 17.0 Å². The number of pyridine rings is 1. The largest absolute Gasteiger partial charge is 1.00 e. The average molecular weight is 280 g/mol. The summed E-state index contributed by atoms with van der Waals surface area (Å²) >= 11 is 1.84. The molecule has 0 bridgehead atoms. The van der Waals surface area contributed by atoms with Crippen LogP contribution in [0.1, 0.15) is 5.69 Å². The Kier molecular flexibility index (Phi) is 2.76. The number of halogens is 1. The minimum Gasteiger partial charge on any atom is -1.00 e. The Bertz CT molecular complexity index is 615. The fraction of sp³-hybridized carbons (Fsp3) is 0.0833. The molecule has 0 aliphatic rings. The summed E-state index contributed by atoms with van der Waals surface area (Å²) in [5.41, 5.74) is 2.60. The molecule has 15 heavy (non-hydrogen) atoms. The lowest BCUT2D eigenvalue weighted by atomic mass is 10.3. The van der Waals surface area contributed by atoms with Crippen LogP contribution in [-0.4, -0.2) is 0 Å². The van der Waals surface area contributed by atoms with Gasteiger partial charge in [0.2, 0.25) is 5.52 Å². The van der Waals surface area contributed by atoms with Gasteiger partial charge in [0.05, 0.1) is 0 Å². The summed E-state index contributed by atoms with van der Waals surface area (Å²) in [6.45, 7) is 2.14. The number of thiazole rings is 1. The van der Waals surface area contributed by atoms with Gasteiger partial charge >= 0.3 is 0 Å². The summed E-state index contributed by atoms with van der Waals surface area (Å²) in [6, 6.07) is 14.9. The van der Waals surface area contributed by atoms with Gasteiger partial charge in [-0.05, 0) is 12.1 Å². The van der Waals surface area contributed by atoms with Crippen LogP contribution in [-0.2, 0) is 0 Å². The van der Waals surface area contributed by atoms with E-state index in [1.54, 1.807) is 0 Å². The van der Waals surface area contributed by atoms with Gasteiger partial charge in [0.15, 0.2) is 5.69 Å². The Balaban J connectivity index is 0.000000853. The lowest BCUT2D eigenvalue weighted by Crippen LogP contribution is -3.00. The van der Waals surface area contributed by atoms with Gasteiger partial charge in [-0.3, -0.25) is 0 Å². The second kappa shape index (κ2) is 3.91. The van der Waals surface area contributed by atoms with Crippen molar-refractivity contribution >= 4 is 26.4 Å². The smallest absolute Gasteiger partial charge is 0.268 e. The predicted molar refractivity (Wildman–Crippen MR) is 59.7 cm³/mol. The molecule has 1 nitrogen and oxygen atoms in total. The maximum absolute atomic E-state index is 2.31. The molecule has 1 aromatic carbocycles. The lowest BCUT2D eigenvalue weighted by molar-refractivity contribution is -0.486. The van der Waals surface area contributed by atoms with E-state index in [2.05, 4.69) is 53.8 Å². The Morgan fingerprint density at radius 1 is 1.00 bits per heavy atom. The van der Waals surface area contributed by atoms with Crippen LogP contribution in [0.15, 0.2) is 42.5 Å². The number of rotatable bonds is 0. The topological polar surface area (TPSA) is 4.10 Å². The van der Waals surface area contributed by atoms with Crippen molar-refractivity contribution in [3.8, 4) is 0 Å². The molecule has 3 heteroatoms. The van der Waals surface area contributed by atoms with E-state index in [9.17, 15) is 0 Å². The monoisotopic (exact) mass is 279 g/mol. The molecule has 2 aromatic heterocycles. The summed E-state index contributed by atoms with van der Waals surface area (Å²) in [5, 5.41) is 0. The van der Waals surface area contributed by atoms with Crippen LogP contribution in [0.4, 0.5) is 0 Å². The van der Waals surface area contributed by atoms with Crippen molar-refractivity contribution in [2.45, 2.75) is 6.92 Å². The van der Waals surface area contributed by atoms with Crippen molar-refractivity contribution in [1.82, 2.24) is 0 Å². The molecular formula is C12H10BrNS. The Labute approximate surface area is 103 Å². The number of aromatic nitrogens is 1. The van der Waals surface area contributed by atoms with E-state index >= 15 is 0 Å². The molecule has 0 unspecified atom stereocenters. The Hall–Kier alpha value is -0.930. The number of benzene rings is 1. The molecule has 0 fully saturated rings. The summed E-state index contributed by atoms with van der Waals surface area (Å²) in [6.07, 6.45) is 0. The van der Waals surface area contributed by atoms with Gasteiger partial charge in [0.25, 0.3) is 4.83 Å². The maximum atomic E-state index is 2.31. The van der Waals surface area contributed by atoms with Crippen molar-refractivity contribution in [2.75, 3.05) is 0 Å². The first-order chi connectivity index (χ1) is 6.86. The van der Waals surface area contributed by atoms with Crippen LogP contribution in [0, 0.1) is 6.92 Å². The van der Waals surface area contributed by atoms with Gasteiger partial charge in [-0.1, -0.05) is 23.5 Å². The maximum Gasteiger partial charge on any atom is 0.268 e. The van der Waals surface area contributed by atoms with Gasteiger partial charge in [0.1, 0.15) is 4.70 Å². The second-order valence-electron chi connectivity index (χ2n) is 3.41. The van der Waals surface area contributed by atoms with E-state index in [1.807, 2.05) is 11.3 Å². The normalized spacial score (nSPS) is 10.5. The molecule has 0 spiro atoms. The van der Waals surface area contributed by atoms with Crippen molar-refractivity contribution in [1.29, 1.82) is 0 Å². The van der Waals surface area contributed by atoms with Gasteiger partial charge < -0.3 is 17.0 Å². The Morgan fingerprint density at radius 2 is 1.80 bits per heavy atom. The summed E-state index contributed by atoms with van der Waals surface area (Å²) < 4.78 is 3.65. The number of nitrogens with zero attached hydrogens (tertiary/aromatic N) is 1. The van der Waals surface area contributed by atoms with Gasteiger partial charge in [-0.15, -0.1) is 4.40 Å². The van der Waals surface area contributed by atoms with Crippen LogP contribution in [0.2, 0.25) is 0 Å². The predicted octanol–water partition coefficient (Wildman–Crippen LogP) is -0.0476. The molecular weight excluding hydrogens is 270 g/mol. The van der Waals surface area contributed by atoms with Gasteiger partial charge in [-0.2, -0.15) is 0 Å². The van der Waals surface area contributed by atoms with Crippen molar-refractivity contribution in [3.05, 3.63) is 48.2 Å². The highest BCUT2D eigenvalue weighted by Crippen LogP contribution is 2.21. The summed E-state index contributed by atoms with van der Waals surface area (Å²) in [4.78, 5) is 1.31. The van der Waals surface area contributed by atoms with Crippen molar-refractivity contribution < 1.29 is 21.4 Å². The number of para-hydroxylation sites is 1. The first kappa shape index (κ1) is 10.6. The molecule has 0 saturated carbocycles. The highest BCUT2D eigenvalue weighted by molar-refractivity contribution is 7.23. The molecule has 2 heterocycles. The minimum atomic E-state index is 0. The fourth-order valence-electron chi connectivity index (χ4n) is 1.82. The molecule has 0 radical (unpaired) electrons. The number of hydrogen-bond acceptors (Lipinski definition) is 1. The third-order valence-corrected chi connectivity index (χ3v) is 3.56. The molecule has 0 amide bonds. The van der Waals surface area contributed by atoms with Crippen LogP contribution in [0.25, 0.3) is 15.0 Å². The zero-order valence-corrected chi connectivity index (χ0v) is 10.7. The molecule has 0 saturated heterocycles. The first-order valence-corrected chi connectivity index (χ1v) is 5.47. The number of fused-ring (bicyclic) bond motifs is 3. The summed E-state index contributed by atoms with van der Waals surface area (Å²) in [7, 11) is 0. The summed E-state index contributed by atoms with van der Waals surface area (Å²) in [5.74, 6) is 0. The highest BCUT2D eigenvalue weighted by atomic mass is 79.9. The van der Waals surface area contributed by atoms with E-state index in [4.69, 9.17) is 0 Å². The molecule has 3 rings (SSSR count). The third-order valence-electron chi connectivity index (χ3n) is 2.47. The molecule has 0 N–H and O–H groups in total. The molecule has 0 atom stereocenters. The standard InChI is InChI=1S/C12H10NS.BrH/c1-9-5-4-8-12-13(9)10-6-2-3-7-11(10)14-12;/h2-8H,1H3;1H/q+1;/p-1. The quantitative estimate of drug-likeness (QED) is 0.509. The zero-order chi connectivity index (χ0) is 9.54. The van der Waals surface area contributed by atoms with Crippen molar-refractivity contribution in [3.63, 3.8) is 0 Å². The van der Waals surface area contributed by atoms with Gasteiger partial charge in [0, 0.05) is 25.1 Å². The van der Waals surface area contributed by atoms with Crippen LogP contribution in [0.5, 0.6) is 0 Å². The Morgan fingerprint density at radius 3 is 2.67 bits per heavy atom. The van der Waals surface area contributed by atoms with E-state index in [1.165, 1.54) is 20.7 Å². The van der Waals surface area contributed by atoms with E-state index in [0.29, 0.717) is 0 Å². The number of aryl methyl sites for hydroxylation is 1. The fourth-order valence-corrected chi connectivity index (χ4v) is 2.94. The van der Waals surface area contributed by atoms with Crippen molar-refractivity contribution in [2.24, 2.45) is 0 Å². The second-order valence-corrected chi connectivity index (χ2v) is 4.47. The molecule has 0 aliphatic heterocycles. The molecule has 3 aromatic rings. The first-order valence-electron chi connectivity index (χ1n) is 4.65. The van der Waals surface area contributed by atoms with E-state index in [0.717, 1.165) is 0 Å². The third kappa shape index (κ3) is 1.56. The SMILES string of the molecule is Cc1cccc2sc3ccccc3[n+]12.[Br-]. The average Bonchev–Trinajstić information content (AvgIpc) is 2.57. The zero-order valence-electron chi connectivity index (χ0n) is 8.27. The van der Waals surface area contributed by atoms with Crippen LogP contribution < -0.4 is 21.4 Å². The van der Waals surface area contributed by atoms with Crippen LogP contribution in [0.3, 0.4) is 0 Å². The minimum absolute atomic E-state index is 0.